The number of benzene rings is 2. The Kier molecular flexibility index (Phi) is 6.02. The first kappa shape index (κ1) is 21.7. The predicted octanol–water partition coefficient (Wildman–Crippen LogP) is 4.99. The van der Waals surface area contributed by atoms with E-state index in [-0.39, 0.29) is 12.3 Å². The number of hydrogen-bond acceptors (Lipinski definition) is 7. The van der Waals surface area contributed by atoms with Crippen LogP contribution < -0.4 is 5.56 Å². The predicted molar refractivity (Wildman–Crippen MR) is 122 cm³/mol. The molecule has 0 unspecified atom stereocenters. The van der Waals surface area contributed by atoms with E-state index in [4.69, 9.17) is 16.3 Å². The van der Waals surface area contributed by atoms with Crippen molar-refractivity contribution >= 4 is 44.8 Å². The molecule has 2 aromatic heterocycles. The maximum atomic E-state index is 13.2. The van der Waals surface area contributed by atoms with Crippen LogP contribution in [0.2, 0.25) is 5.02 Å². The summed E-state index contributed by atoms with van der Waals surface area (Å²) in [5.74, 6) is -0.611. The largest absolute Gasteiger partial charge is 0.459 e. The summed E-state index contributed by atoms with van der Waals surface area (Å²) < 4.78 is 6.55. The average molecular weight is 470 g/mol. The molecule has 0 aliphatic carbocycles. The number of esters is 1. The number of carbonyl (C=O) groups is 1. The molecule has 0 radical (unpaired) electrons. The first-order valence-electron chi connectivity index (χ1n) is 9.50. The van der Waals surface area contributed by atoms with E-state index >= 15 is 0 Å². The highest BCUT2D eigenvalue weighted by atomic mass is 35.5. The maximum absolute atomic E-state index is 13.2. The molecular weight excluding hydrogens is 454 g/mol. The molecule has 4 aromatic rings. The van der Waals surface area contributed by atoms with E-state index < -0.39 is 22.5 Å². The standard InChI is InChI=1S/C22H16ClN3O5S/c1-13(22(28)31-10-15-5-2-3-8-18(15)23)25-12-24-20-19(21(25)27)17(11-32-20)14-6-4-7-16(9-14)26(29)30/h2-9,11-13H,10H2,1H3/t13-/m0/s1. The quantitative estimate of drug-likeness (QED) is 0.224. The Labute approximate surface area is 190 Å². The monoisotopic (exact) mass is 469 g/mol. The summed E-state index contributed by atoms with van der Waals surface area (Å²) in [6.45, 7) is 1.52. The minimum Gasteiger partial charge on any atom is -0.459 e. The lowest BCUT2D eigenvalue weighted by Crippen LogP contribution is -2.29. The molecule has 10 heteroatoms. The van der Waals surface area contributed by atoms with E-state index in [1.165, 1.54) is 34.4 Å². The fraction of sp³-hybridized carbons (Fsp3) is 0.136. The molecule has 0 N–H and O–H groups in total. The highest BCUT2D eigenvalue weighted by Gasteiger charge is 2.22. The summed E-state index contributed by atoms with van der Waals surface area (Å²) in [4.78, 5) is 41.3. The van der Waals surface area contributed by atoms with Gasteiger partial charge in [-0.25, -0.2) is 9.78 Å². The number of aromatic nitrogens is 2. The lowest BCUT2D eigenvalue weighted by molar-refractivity contribution is -0.384. The minimum atomic E-state index is -0.931. The van der Waals surface area contributed by atoms with Gasteiger partial charge in [-0.1, -0.05) is 41.9 Å². The molecule has 162 valence electrons. The number of non-ortho nitro benzene ring substituents is 1. The number of carbonyl (C=O) groups excluding carboxylic acids is 1. The van der Waals surface area contributed by atoms with Crippen LogP contribution in [0.15, 0.2) is 65.0 Å². The van der Waals surface area contributed by atoms with Crippen molar-refractivity contribution < 1.29 is 14.5 Å². The Morgan fingerprint density at radius 2 is 2.06 bits per heavy atom. The fourth-order valence-corrected chi connectivity index (χ4v) is 4.32. The molecule has 0 fully saturated rings. The van der Waals surface area contributed by atoms with Gasteiger partial charge in [0.15, 0.2) is 0 Å². The van der Waals surface area contributed by atoms with Crippen LogP contribution in [0, 0.1) is 10.1 Å². The zero-order chi connectivity index (χ0) is 22.8. The zero-order valence-corrected chi connectivity index (χ0v) is 18.3. The number of rotatable bonds is 6. The van der Waals surface area contributed by atoms with Gasteiger partial charge in [0, 0.05) is 33.7 Å². The molecule has 0 saturated carbocycles. The van der Waals surface area contributed by atoms with Crippen molar-refractivity contribution in [1.29, 1.82) is 0 Å². The molecule has 4 rings (SSSR count). The second kappa shape index (κ2) is 8.89. The summed E-state index contributed by atoms with van der Waals surface area (Å²) in [6.07, 6.45) is 1.31. The van der Waals surface area contributed by atoms with Crippen LogP contribution in [0.4, 0.5) is 5.69 Å². The Hall–Kier alpha value is -3.56. The van der Waals surface area contributed by atoms with E-state index in [0.717, 1.165) is 0 Å². The summed E-state index contributed by atoms with van der Waals surface area (Å²) >= 11 is 7.34. The highest BCUT2D eigenvalue weighted by molar-refractivity contribution is 7.17. The van der Waals surface area contributed by atoms with Gasteiger partial charge in [-0.2, -0.15) is 0 Å². The highest BCUT2D eigenvalue weighted by Crippen LogP contribution is 2.32. The van der Waals surface area contributed by atoms with Crippen molar-refractivity contribution in [2.75, 3.05) is 0 Å². The molecule has 0 saturated heterocycles. The SMILES string of the molecule is C[C@@H](C(=O)OCc1ccccc1Cl)n1cnc2scc(-c3cccc([N+](=O)[O-])c3)c2c1=O. The van der Waals surface area contributed by atoms with Crippen molar-refractivity contribution in [3.8, 4) is 11.1 Å². The smallest absolute Gasteiger partial charge is 0.329 e. The Balaban J connectivity index is 1.66. The number of hydrogen-bond donors (Lipinski definition) is 0. The van der Waals surface area contributed by atoms with Crippen LogP contribution in [-0.4, -0.2) is 20.4 Å². The molecule has 2 aromatic carbocycles. The lowest BCUT2D eigenvalue weighted by Gasteiger charge is -2.14. The van der Waals surface area contributed by atoms with Crippen molar-refractivity contribution in [2.24, 2.45) is 0 Å². The molecule has 0 aliphatic rings. The first-order valence-corrected chi connectivity index (χ1v) is 10.8. The molecule has 0 aliphatic heterocycles. The minimum absolute atomic E-state index is 0.0232. The second-order valence-electron chi connectivity index (χ2n) is 6.97. The van der Waals surface area contributed by atoms with Crippen LogP contribution >= 0.6 is 22.9 Å². The van der Waals surface area contributed by atoms with Crippen LogP contribution in [0.1, 0.15) is 18.5 Å². The third-order valence-corrected chi connectivity index (χ3v) is 6.23. The van der Waals surface area contributed by atoms with Gasteiger partial charge in [0.1, 0.15) is 17.5 Å². The van der Waals surface area contributed by atoms with Gasteiger partial charge in [-0.05, 0) is 18.6 Å². The molecule has 1 atom stereocenters. The summed E-state index contributed by atoms with van der Waals surface area (Å²) in [6, 6.07) is 12.1. The van der Waals surface area contributed by atoms with Gasteiger partial charge >= 0.3 is 5.97 Å². The molecule has 2 heterocycles. The number of nitro groups is 1. The number of nitro benzene ring substituents is 1. The Morgan fingerprint density at radius 1 is 1.28 bits per heavy atom. The van der Waals surface area contributed by atoms with E-state index in [9.17, 15) is 19.7 Å². The lowest BCUT2D eigenvalue weighted by atomic mass is 10.1. The van der Waals surface area contributed by atoms with Gasteiger partial charge < -0.3 is 4.74 Å². The first-order chi connectivity index (χ1) is 15.4. The molecular formula is C22H16ClN3O5S. The van der Waals surface area contributed by atoms with Crippen molar-refractivity contribution in [3.05, 3.63) is 91.3 Å². The molecule has 8 nitrogen and oxygen atoms in total. The molecule has 0 bridgehead atoms. The third kappa shape index (κ3) is 4.12. The Bertz CT molecular complexity index is 1400. The molecule has 32 heavy (non-hydrogen) atoms. The fourth-order valence-electron chi connectivity index (χ4n) is 3.22. The van der Waals surface area contributed by atoms with E-state index in [2.05, 4.69) is 4.98 Å². The van der Waals surface area contributed by atoms with Crippen molar-refractivity contribution in [1.82, 2.24) is 9.55 Å². The Morgan fingerprint density at radius 3 is 2.81 bits per heavy atom. The third-order valence-electron chi connectivity index (χ3n) is 4.97. The van der Waals surface area contributed by atoms with Crippen LogP contribution in [-0.2, 0) is 16.1 Å². The van der Waals surface area contributed by atoms with Gasteiger partial charge in [0.2, 0.25) is 0 Å². The topological polar surface area (TPSA) is 104 Å². The summed E-state index contributed by atoms with van der Waals surface area (Å²) in [7, 11) is 0. The van der Waals surface area contributed by atoms with E-state index in [1.54, 1.807) is 48.7 Å². The summed E-state index contributed by atoms with van der Waals surface area (Å²) in [5.41, 5.74) is 1.19. The van der Waals surface area contributed by atoms with Crippen molar-refractivity contribution in [3.63, 3.8) is 0 Å². The molecule has 0 spiro atoms. The summed E-state index contributed by atoms with van der Waals surface area (Å²) in [5, 5.41) is 13.6. The number of thiophene rings is 1. The van der Waals surface area contributed by atoms with E-state index in [1.807, 2.05) is 0 Å². The zero-order valence-electron chi connectivity index (χ0n) is 16.7. The molecule has 0 amide bonds. The average Bonchev–Trinajstić information content (AvgIpc) is 3.23. The maximum Gasteiger partial charge on any atom is 0.329 e. The van der Waals surface area contributed by atoms with Gasteiger partial charge in [0.05, 0.1) is 16.6 Å². The normalized spacial score (nSPS) is 11.9. The number of ether oxygens (including phenoxy) is 1. The van der Waals surface area contributed by atoms with Crippen LogP contribution in [0.3, 0.4) is 0 Å². The second-order valence-corrected chi connectivity index (χ2v) is 8.23. The number of fused-ring (bicyclic) bond motifs is 1. The van der Waals surface area contributed by atoms with Crippen molar-refractivity contribution in [2.45, 2.75) is 19.6 Å². The van der Waals surface area contributed by atoms with E-state index in [0.29, 0.717) is 31.9 Å². The van der Waals surface area contributed by atoms with Crippen LogP contribution in [0.5, 0.6) is 0 Å². The van der Waals surface area contributed by atoms with Gasteiger partial charge in [-0.15, -0.1) is 11.3 Å². The van der Waals surface area contributed by atoms with Gasteiger partial charge in [-0.3, -0.25) is 19.5 Å². The van der Waals surface area contributed by atoms with Gasteiger partial charge in [0.25, 0.3) is 11.2 Å². The number of halogens is 1. The van der Waals surface area contributed by atoms with Crippen LogP contribution in [0.25, 0.3) is 21.3 Å². The number of nitrogens with zero attached hydrogens (tertiary/aromatic N) is 3.